The standard InChI is InChI=1S/C24H28F3N3O4/c1-13-20-16(11-23(34-13)8-9-23)21(29-30-22(20)28-17-4-3-5-18(17)31)15-7-6-14(24(25,26)27)10-19(15)33-12-32-2/h6-7,10,13,17-18,31H,3-5,8-9,11-12H2,1-2H3,(H,28,30)/t13?,17-,18-/m1/s1. The van der Waals surface area contributed by atoms with Gasteiger partial charge in [-0.3, -0.25) is 0 Å². The molecule has 1 aromatic heterocycles. The van der Waals surface area contributed by atoms with Gasteiger partial charge in [0.15, 0.2) is 12.6 Å². The van der Waals surface area contributed by atoms with Crippen molar-refractivity contribution < 1.29 is 32.5 Å². The minimum atomic E-state index is -4.51. The molecule has 0 bridgehead atoms. The van der Waals surface area contributed by atoms with Crippen LogP contribution in [0.25, 0.3) is 11.3 Å². The molecule has 2 heterocycles. The fourth-order valence-corrected chi connectivity index (χ4v) is 5.08. The molecular formula is C24H28F3N3O4. The molecule has 1 aliphatic heterocycles. The Hall–Kier alpha value is -2.43. The minimum absolute atomic E-state index is 0.0316. The van der Waals surface area contributed by atoms with Crippen molar-refractivity contribution in [3.05, 3.63) is 34.9 Å². The highest BCUT2D eigenvalue weighted by Crippen LogP contribution is 2.53. The van der Waals surface area contributed by atoms with Crippen LogP contribution in [0.15, 0.2) is 18.2 Å². The highest BCUT2D eigenvalue weighted by molar-refractivity contribution is 5.74. The lowest BCUT2D eigenvalue weighted by Crippen LogP contribution is -2.33. The van der Waals surface area contributed by atoms with Gasteiger partial charge < -0.3 is 24.6 Å². The predicted octanol–water partition coefficient (Wildman–Crippen LogP) is 4.64. The van der Waals surface area contributed by atoms with Crippen molar-refractivity contribution >= 4 is 5.82 Å². The molecule has 184 valence electrons. The Morgan fingerprint density at radius 2 is 2.03 bits per heavy atom. The zero-order valence-corrected chi connectivity index (χ0v) is 19.1. The van der Waals surface area contributed by atoms with Gasteiger partial charge in [-0.25, -0.2) is 0 Å². The van der Waals surface area contributed by atoms with Crippen molar-refractivity contribution in [2.24, 2.45) is 0 Å². The van der Waals surface area contributed by atoms with E-state index >= 15 is 0 Å². The molecule has 1 spiro atoms. The molecule has 3 aliphatic rings. The molecule has 0 radical (unpaired) electrons. The number of aromatic nitrogens is 2. The third-order valence-corrected chi connectivity index (χ3v) is 6.95. The highest BCUT2D eigenvalue weighted by Gasteiger charge is 2.50. The number of anilines is 1. The van der Waals surface area contributed by atoms with Gasteiger partial charge in [-0.05, 0) is 62.8 Å². The monoisotopic (exact) mass is 479 g/mol. The second-order valence-electron chi connectivity index (χ2n) is 9.42. The SMILES string of the molecule is COCOc1cc(C(F)(F)F)ccc1-c1nnc(N[C@@H]2CCC[C@H]2O)c2c1CC1(CC1)OC2C. The van der Waals surface area contributed by atoms with Gasteiger partial charge in [0.05, 0.1) is 29.4 Å². The first kappa shape index (κ1) is 23.3. The van der Waals surface area contributed by atoms with Crippen LogP contribution in [-0.4, -0.2) is 47.0 Å². The molecule has 1 aromatic carbocycles. The first-order valence-corrected chi connectivity index (χ1v) is 11.6. The predicted molar refractivity (Wildman–Crippen MR) is 117 cm³/mol. The molecule has 3 atom stereocenters. The number of nitrogens with zero attached hydrogens (tertiary/aromatic N) is 2. The molecule has 34 heavy (non-hydrogen) atoms. The summed E-state index contributed by atoms with van der Waals surface area (Å²) in [6.45, 7) is 1.75. The highest BCUT2D eigenvalue weighted by atomic mass is 19.4. The molecular weight excluding hydrogens is 451 g/mol. The summed E-state index contributed by atoms with van der Waals surface area (Å²) >= 11 is 0. The minimum Gasteiger partial charge on any atom is -0.467 e. The third-order valence-electron chi connectivity index (χ3n) is 6.95. The Morgan fingerprint density at radius 1 is 1.24 bits per heavy atom. The van der Waals surface area contributed by atoms with Crippen molar-refractivity contribution in [2.45, 2.75) is 75.5 Å². The fourth-order valence-electron chi connectivity index (χ4n) is 5.08. The van der Waals surface area contributed by atoms with E-state index in [1.54, 1.807) is 0 Å². The number of ether oxygens (including phenoxy) is 3. The Kier molecular flexibility index (Phi) is 5.94. The van der Waals surface area contributed by atoms with Crippen LogP contribution in [0, 0.1) is 0 Å². The van der Waals surface area contributed by atoms with Gasteiger partial charge in [-0.1, -0.05) is 0 Å². The lowest BCUT2D eigenvalue weighted by atomic mass is 9.90. The van der Waals surface area contributed by atoms with Gasteiger partial charge in [0, 0.05) is 24.7 Å². The van der Waals surface area contributed by atoms with Gasteiger partial charge >= 0.3 is 6.18 Å². The van der Waals surface area contributed by atoms with Crippen molar-refractivity contribution in [3.63, 3.8) is 0 Å². The van der Waals surface area contributed by atoms with Crippen molar-refractivity contribution in [1.29, 1.82) is 0 Å². The Morgan fingerprint density at radius 3 is 2.68 bits per heavy atom. The number of aliphatic hydroxyl groups is 1. The summed E-state index contributed by atoms with van der Waals surface area (Å²) in [5.41, 5.74) is 1.55. The summed E-state index contributed by atoms with van der Waals surface area (Å²) in [5.74, 6) is 0.586. The number of fused-ring (bicyclic) bond motifs is 1. The average molecular weight is 479 g/mol. The van der Waals surface area contributed by atoms with Gasteiger partial charge in [0.25, 0.3) is 0 Å². The number of hydrogen-bond acceptors (Lipinski definition) is 7. The lowest BCUT2D eigenvalue weighted by Gasteiger charge is -2.33. The third kappa shape index (κ3) is 4.34. The summed E-state index contributed by atoms with van der Waals surface area (Å²) < 4.78 is 56.9. The molecule has 0 saturated heterocycles. The number of hydrogen-bond donors (Lipinski definition) is 2. The molecule has 10 heteroatoms. The first-order valence-electron chi connectivity index (χ1n) is 11.6. The van der Waals surface area contributed by atoms with Gasteiger partial charge in [0.2, 0.25) is 0 Å². The molecule has 2 aliphatic carbocycles. The van der Waals surface area contributed by atoms with Crippen LogP contribution in [-0.2, 0) is 22.1 Å². The summed E-state index contributed by atoms with van der Waals surface area (Å²) in [6, 6.07) is 3.25. The van der Waals surface area contributed by atoms with E-state index in [1.165, 1.54) is 13.2 Å². The molecule has 2 N–H and O–H groups in total. The molecule has 1 unspecified atom stereocenters. The molecule has 2 fully saturated rings. The van der Waals surface area contributed by atoms with Crippen LogP contribution in [0.1, 0.15) is 61.8 Å². The number of halogens is 3. The molecule has 2 aromatic rings. The maximum Gasteiger partial charge on any atom is 0.416 e. The number of rotatable bonds is 6. The summed E-state index contributed by atoms with van der Waals surface area (Å²) in [6.07, 6.45) is -0.345. The largest absolute Gasteiger partial charge is 0.467 e. The van der Waals surface area contributed by atoms with E-state index in [2.05, 4.69) is 15.5 Å². The van der Waals surface area contributed by atoms with E-state index in [9.17, 15) is 18.3 Å². The van der Waals surface area contributed by atoms with Crippen LogP contribution in [0.2, 0.25) is 0 Å². The molecule has 5 rings (SSSR count). The summed E-state index contributed by atoms with van der Waals surface area (Å²) in [7, 11) is 1.41. The summed E-state index contributed by atoms with van der Waals surface area (Å²) in [5, 5.41) is 22.5. The number of methoxy groups -OCH3 is 1. The fraction of sp³-hybridized carbons (Fsp3) is 0.583. The lowest BCUT2D eigenvalue weighted by molar-refractivity contribution is -0.137. The second-order valence-corrected chi connectivity index (χ2v) is 9.42. The normalized spacial score (nSPS) is 25.3. The summed E-state index contributed by atoms with van der Waals surface area (Å²) in [4.78, 5) is 0. The van der Waals surface area contributed by atoms with Crippen molar-refractivity contribution in [3.8, 4) is 17.0 Å². The Labute approximate surface area is 195 Å². The topological polar surface area (TPSA) is 85.7 Å². The van der Waals surface area contributed by atoms with Crippen molar-refractivity contribution in [1.82, 2.24) is 10.2 Å². The maximum absolute atomic E-state index is 13.4. The second kappa shape index (κ2) is 8.66. The Bertz CT molecular complexity index is 1070. The smallest absolute Gasteiger partial charge is 0.416 e. The molecule has 7 nitrogen and oxygen atoms in total. The number of alkyl halides is 3. The number of aliphatic hydroxyl groups excluding tert-OH is 1. The van der Waals surface area contributed by atoms with E-state index in [4.69, 9.17) is 14.2 Å². The van der Waals surface area contributed by atoms with E-state index in [0.29, 0.717) is 23.5 Å². The van der Waals surface area contributed by atoms with Crippen LogP contribution in [0.4, 0.5) is 19.0 Å². The van der Waals surface area contributed by atoms with E-state index in [1.807, 2.05) is 6.92 Å². The zero-order chi connectivity index (χ0) is 24.1. The molecule has 0 amide bonds. The van der Waals surface area contributed by atoms with Gasteiger partial charge in [-0.2, -0.15) is 13.2 Å². The average Bonchev–Trinajstić information content (AvgIpc) is 3.40. The van der Waals surface area contributed by atoms with Gasteiger partial charge in [0.1, 0.15) is 11.4 Å². The van der Waals surface area contributed by atoms with E-state index in [-0.39, 0.29) is 30.3 Å². The van der Waals surface area contributed by atoms with Crippen LogP contribution < -0.4 is 10.1 Å². The maximum atomic E-state index is 13.4. The van der Waals surface area contributed by atoms with E-state index in [0.717, 1.165) is 55.4 Å². The first-order chi connectivity index (χ1) is 16.2. The Balaban J connectivity index is 1.61. The quantitative estimate of drug-likeness (QED) is 0.584. The number of nitrogens with one attached hydrogen (secondary N) is 1. The zero-order valence-electron chi connectivity index (χ0n) is 19.1. The van der Waals surface area contributed by atoms with Crippen LogP contribution in [0.5, 0.6) is 5.75 Å². The van der Waals surface area contributed by atoms with Crippen molar-refractivity contribution in [2.75, 3.05) is 19.2 Å². The van der Waals surface area contributed by atoms with E-state index < -0.39 is 17.8 Å². The van der Waals surface area contributed by atoms with Crippen LogP contribution >= 0.6 is 0 Å². The number of benzene rings is 1. The molecule has 2 saturated carbocycles. The van der Waals surface area contributed by atoms with Crippen LogP contribution in [0.3, 0.4) is 0 Å². The van der Waals surface area contributed by atoms with Gasteiger partial charge in [-0.15, -0.1) is 10.2 Å².